The number of carbonyl (C=O) groups is 3. The van der Waals surface area contributed by atoms with Crippen LogP contribution in [0.25, 0.3) is 0 Å². The molecule has 5 nitrogen and oxygen atoms in total. The van der Waals surface area contributed by atoms with Gasteiger partial charge in [0.1, 0.15) is 5.41 Å². The molecule has 2 aromatic rings. The molecule has 1 aliphatic carbocycles. The lowest BCUT2D eigenvalue weighted by atomic mass is 10.0. The molecular weight excluding hydrogens is 328 g/mol. The minimum Gasteiger partial charge on any atom is -0.325 e. The summed E-state index contributed by atoms with van der Waals surface area (Å²) >= 11 is 0. The van der Waals surface area contributed by atoms with Crippen molar-refractivity contribution in [3.8, 4) is 0 Å². The number of Topliss-reactive ketones (excluding diaryl/α,β-unsaturated/α-hetero) is 1. The van der Waals surface area contributed by atoms with Crippen LogP contribution < -0.4 is 10.6 Å². The van der Waals surface area contributed by atoms with Gasteiger partial charge in [-0.3, -0.25) is 14.4 Å². The Labute approximate surface area is 152 Å². The van der Waals surface area contributed by atoms with E-state index in [0.717, 1.165) is 11.1 Å². The Morgan fingerprint density at radius 2 is 1.46 bits per heavy atom. The van der Waals surface area contributed by atoms with E-state index in [1.807, 2.05) is 32.0 Å². The van der Waals surface area contributed by atoms with Gasteiger partial charge in [-0.15, -0.1) is 0 Å². The average molecular weight is 350 g/mol. The fourth-order valence-electron chi connectivity index (χ4n) is 2.82. The maximum Gasteiger partial charge on any atom is 0.240 e. The van der Waals surface area contributed by atoms with Crippen molar-refractivity contribution in [3.05, 3.63) is 59.2 Å². The number of aryl methyl sites for hydroxylation is 2. The molecule has 26 heavy (non-hydrogen) atoms. The summed E-state index contributed by atoms with van der Waals surface area (Å²) in [4.78, 5) is 36.8. The molecule has 0 bridgehead atoms. The van der Waals surface area contributed by atoms with Gasteiger partial charge in [0.2, 0.25) is 11.8 Å². The van der Waals surface area contributed by atoms with Crippen molar-refractivity contribution < 1.29 is 14.4 Å². The lowest BCUT2D eigenvalue weighted by Crippen LogP contribution is -2.35. The highest BCUT2D eigenvalue weighted by molar-refractivity contribution is 6.17. The number of amides is 2. The first-order valence-electron chi connectivity index (χ1n) is 8.63. The third kappa shape index (κ3) is 3.52. The Morgan fingerprint density at radius 3 is 2.00 bits per heavy atom. The molecule has 0 saturated heterocycles. The summed E-state index contributed by atoms with van der Waals surface area (Å²) in [7, 11) is 0. The van der Waals surface area contributed by atoms with E-state index in [1.165, 1.54) is 6.92 Å². The summed E-state index contributed by atoms with van der Waals surface area (Å²) in [5.74, 6) is -0.699. The van der Waals surface area contributed by atoms with Gasteiger partial charge in [-0.2, -0.15) is 0 Å². The molecule has 134 valence electrons. The molecule has 5 heteroatoms. The Hall–Kier alpha value is -2.95. The van der Waals surface area contributed by atoms with Crippen molar-refractivity contribution in [2.24, 2.45) is 5.41 Å². The summed E-state index contributed by atoms with van der Waals surface area (Å²) in [6.45, 7) is 5.46. The molecular formula is C21H22N2O3. The second-order valence-electron chi connectivity index (χ2n) is 6.93. The highest BCUT2D eigenvalue weighted by Crippen LogP contribution is 2.47. The largest absolute Gasteiger partial charge is 0.325 e. The van der Waals surface area contributed by atoms with E-state index in [9.17, 15) is 14.4 Å². The van der Waals surface area contributed by atoms with Gasteiger partial charge in [0.15, 0.2) is 5.78 Å². The predicted octanol–water partition coefficient (Wildman–Crippen LogP) is 3.86. The molecule has 0 unspecified atom stereocenters. The summed E-state index contributed by atoms with van der Waals surface area (Å²) in [6, 6.07) is 12.4. The molecule has 1 aliphatic rings. The van der Waals surface area contributed by atoms with Gasteiger partial charge < -0.3 is 10.6 Å². The van der Waals surface area contributed by atoms with Crippen molar-refractivity contribution in [1.29, 1.82) is 0 Å². The van der Waals surface area contributed by atoms with Crippen molar-refractivity contribution in [3.63, 3.8) is 0 Å². The van der Waals surface area contributed by atoms with Gasteiger partial charge in [-0.25, -0.2) is 0 Å². The van der Waals surface area contributed by atoms with Gasteiger partial charge in [0, 0.05) is 16.9 Å². The maximum atomic E-state index is 12.7. The topological polar surface area (TPSA) is 75.3 Å². The Bertz CT molecular complexity index is 898. The third-order valence-electron chi connectivity index (χ3n) is 4.91. The van der Waals surface area contributed by atoms with E-state index in [0.29, 0.717) is 29.8 Å². The van der Waals surface area contributed by atoms with Crippen LogP contribution in [-0.2, 0) is 9.59 Å². The number of nitrogens with one attached hydrogen (secondary N) is 2. The normalized spacial score (nSPS) is 14.4. The van der Waals surface area contributed by atoms with E-state index >= 15 is 0 Å². The lowest BCUT2D eigenvalue weighted by molar-refractivity contribution is -0.131. The Morgan fingerprint density at radius 1 is 0.846 bits per heavy atom. The highest BCUT2D eigenvalue weighted by atomic mass is 16.2. The smallest absolute Gasteiger partial charge is 0.240 e. The zero-order chi connectivity index (χ0) is 18.9. The molecule has 2 aromatic carbocycles. The zero-order valence-corrected chi connectivity index (χ0v) is 15.2. The van der Waals surface area contributed by atoms with Crippen LogP contribution in [0.15, 0.2) is 42.5 Å². The fraction of sp³-hybridized carbons (Fsp3) is 0.286. The lowest BCUT2D eigenvalue weighted by Gasteiger charge is -2.16. The number of carbonyl (C=O) groups excluding carboxylic acids is 3. The maximum absolute atomic E-state index is 12.7. The van der Waals surface area contributed by atoms with Gasteiger partial charge in [-0.1, -0.05) is 18.2 Å². The summed E-state index contributed by atoms with van der Waals surface area (Å²) in [5, 5.41) is 5.63. The predicted molar refractivity (Wildman–Crippen MR) is 101 cm³/mol. The van der Waals surface area contributed by atoms with Crippen LogP contribution >= 0.6 is 0 Å². The third-order valence-corrected chi connectivity index (χ3v) is 4.91. The zero-order valence-electron chi connectivity index (χ0n) is 15.2. The molecule has 1 saturated carbocycles. The number of benzene rings is 2. The Balaban J connectivity index is 1.72. The summed E-state index contributed by atoms with van der Waals surface area (Å²) in [5.41, 5.74) is 2.92. The van der Waals surface area contributed by atoms with Gasteiger partial charge in [-0.05, 0) is 69.0 Å². The molecule has 1 fully saturated rings. The van der Waals surface area contributed by atoms with E-state index in [2.05, 4.69) is 10.6 Å². The molecule has 0 atom stereocenters. The number of hydrogen-bond acceptors (Lipinski definition) is 3. The van der Waals surface area contributed by atoms with E-state index in [4.69, 9.17) is 0 Å². The molecule has 2 N–H and O–H groups in total. The van der Waals surface area contributed by atoms with E-state index < -0.39 is 5.41 Å². The van der Waals surface area contributed by atoms with Crippen LogP contribution in [0.2, 0.25) is 0 Å². The quantitative estimate of drug-likeness (QED) is 0.635. The van der Waals surface area contributed by atoms with Crippen LogP contribution in [0.5, 0.6) is 0 Å². The Kier molecular flexibility index (Phi) is 4.64. The van der Waals surface area contributed by atoms with Crippen molar-refractivity contribution >= 4 is 29.0 Å². The first-order chi connectivity index (χ1) is 12.3. The monoisotopic (exact) mass is 350 g/mol. The van der Waals surface area contributed by atoms with Crippen molar-refractivity contribution in [1.82, 2.24) is 0 Å². The second kappa shape index (κ2) is 6.75. The summed E-state index contributed by atoms with van der Waals surface area (Å²) in [6.07, 6.45) is 1.03. The average Bonchev–Trinajstić information content (AvgIpc) is 3.40. The van der Waals surface area contributed by atoms with Crippen LogP contribution in [0, 0.1) is 19.3 Å². The van der Waals surface area contributed by atoms with Gasteiger partial charge in [0.05, 0.1) is 0 Å². The molecule has 3 rings (SSSR count). The van der Waals surface area contributed by atoms with E-state index in [1.54, 1.807) is 24.3 Å². The minimum absolute atomic E-state index is 0.0743. The number of ketones is 1. The molecule has 2 amide bonds. The minimum atomic E-state index is -1.04. The fourth-order valence-corrected chi connectivity index (χ4v) is 2.82. The van der Waals surface area contributed by atoms with Crippen LogP contribution in [-0.4, -0.2) is 17.6 Å². The second-order valence-corrected chi connectivity index (χ2v) is 6.93. The van der Waals surface area contributed by atoms with Crippen molar-refractivity contribution in [2.45, 2.75) is 33.6 Å². The van der Waals surface area contributed by atoms with Gasteiger partial charge in [0.25, 0.3) is 0 Å². The number of anilines is 2. The van der Waals surface area contributed by atoms with Crippen molar-refractivity contribution in [2.75, 3.05) is 10.6 Å². The molecule has 0 spiro atoms. The first kappa shape index (κ1) is 17.9. The van der Waals surface area contributed by atoms with E-state index in [-0.39, 0.29) is 17.6 Å². The number of rotatable bonds is 5. The van der Waals surface area contributed by atoms with Crippen LogP contribution in [0.3, 0.4) is 0 Å². The SMILES string of the molecule is CC(=O)c1cccc(NC(=O)C2(C(=O)Nc3ccc(C)c(C)c3)CC2)c1. The molecule has 0 aromatic heterocycles. The number of hydrogen-bond donors (Lipinski definition) is 2. The molecule has 0 aliphatic heterocycles. The molecule has 0 heterocycles. The highest BCUT2D eigenvalue weighted by Gasteiger charge is 2.56. The first-order valence-corrected chi connectivity index (χ1v) is 8.63. The van der Waals surface area contributed by atoms with Gasteiger partial charge >= 0.3 is 0 Å². The molecule has 0 radical (unpaired) electrons. The van der Waals surface area contributed by atoms with Crippen LogP contribution in [0.4, 0.5) is 11.4 Å². The van der Waals surface area contributed by atoms with Crippen LogP contribution in [0.1, 0.15) is 41.3 Å². The standard InChI is InChI=1S/C21H22N2O3/c1-13-7-8-18(11-14(13)2)23-20(26)21(9-10-21)19(25)22-17-6-4-5-16(12-17)15(3)24/h4-8,11-12H,9-10H2,1-3H3,(H,22,25)(H,23,26). The summed E-state index contributed by atoms with van der Waals surface area (Å²) < 4.78 is 0.